The number of rotatable bonds is 6. The Bertz CT molecular complexity index is 673. The summed E-state index contributed by atoms with van der Waals surface area (Å²) in [5, 5.41) is 24.2. The van der Waals surface area contributed by atoms with Crippen LogP contribution in [0.25, 0.3) is 5.69 Å². The highest BCUT2D eigenvalue weighted by atomic mass is 35.5. The normalized spacial score (nSPS) is 15.0. The van der Waals surface area contributed by atoms with Crippen molar-refractivity contribution in [2.75, 3.05) is 6.54 Å². The summed E-state index contributed by atoms with van der Waals surface area (Å²) in [6, 6.07) is 4.91. The van der Waals surface area contributed by atoms with E-state index in [1.807, 2.05) is 13.8 Å². The van der Waals surface area contributed by atoms with Crippen LogP contribution in [-0.2, 0) is 0 Å². The summed E-state index contributed by atoms with van der Waals surface area (Å²) in [4.78, 5) is 12.3. The first-order chi connectivity index (χ1) is 10.8. The number of nitrogens with one attached hydrogen (secondary N) is 1. The summed E-state index contributed by atoms with van der Waals surface area (Å²) < 4.78 is 1.45. The molecule has 2 atom stereocenters. The van der Waals surface area contributed by atoms with E-state index in [9.17, 15) is 9.90 Å². The van der Waals surface area contributed by atoms with Crippen LogP contribution in [0, 0.1) is 5.92 Å². The average molecular weight is 338 g/mol. The number of hydrogen-bond donors (Lipinski definition) is 2. The number of aromatic nitrogens is 4. The van der Waals surface area contributed by atoms with Crippen LogP contribution in [0.4, 0.5) is 0 Å². The Kier molecular flexibility index (Phi) is 5.33. The fourth-order valence-corrected chi connectivity index (χ4v) is 2.34. The summed E-state index contributed by atoms with van der Waals surface area (Å²) in [5.74, 6) is -0.262. The fraction of sp³-hybridized carbons (Fsp3) is 0.467. The van der Waals surface area contributed by atoms with Gasteiger partial charge < -0.3 is 10.4 Å². The summed E-state index contributed by atoms with van der Waals surface area (Å²) in [7, 11) is 0. The van der Waals surface area contributed by atoms with E-state index in [1.165, 1.54) is 11.0 Å². The molecule has 1 aromatic heterocycles. The summed E-state index contributed by atoms with van der Waals surface area (Å²) in [6.07, 6.45) is 2.26. The molecule has 2 aromatic rings. The van der Waals surface area contributed by atoms with Crippen molar-refractivity contribution in [1.82, 2.24) is 25.5 Å². The molecule has 23 heavy (non-hydrogen) atoms. The minimum atomic E-state index is -0.969. The van der Waals surface area contributed by atoms with Crippen molar-refractivity contribution >= 4 is 17.5 Å². The van der Waals surface area contributed by atoms with Gasteiger partial charge in [0.1, 0.15) is 6.33 Å². The largest absolute Gasteiger partial charge is 0.388 e. The van der Waals surface area contributed by atoms with Gasteiger partial charge in [-0.1, -0.05) is 31.9 Å². The molecule has 0 bridgehead atoms. The van der Waals surface area contributed by atoms with Crippen LogP contribution < -0.4 is 5.32 Å². The molecule has 8 heteroatoms. The summed E-state index contributed by atoms with van der Waals surface area (Å²) in [6.45, 7) is 5.81. The number of carbonyl (C=O) groups is 1. The van der Waals surface area contributed by atoms with Crippen LogP contribution in [0.5, 0.6) is 0 Å². The number of halogens is 1. The second kappa shape index (κ2) is 7.06. The molecular weight excluding hydrogens is 318 g/mol. The molecule has 1 heterocycles. The molecule has 0 aliphatic rings. The minimum absolute atomic E-state index is 0.0699. The molecule has 7 nitrogen and oxygen atoms in total. The molecule has 2 rings (SSSR count). The van der Waals surface area contributed by atoms with Crippen LogP contribution in [0.2, 0.25) is 5.02 Å². The van der Waals surface area contributed by atoms with Crippen molar-refractivity contribution in [3.8, 4) is 5.69 Å². The molecule has 0 saturated carbocycles. The summed E-state index contributed by atoms with van der Waals surface area (Å²) >= 11 is 6.18. The van der Waals surface area contributed by atoms with E-state index < -0.39 is 5.60 Å². The maximum atomic E-state index is 12.3. The lowest BCUT2D eigenvalue weighted by molar-refractivity contribution is 0.00593. The number of carbonyl (C=O) groups excluding carboxylic acids is 1. The molecule has 1 amide bonds. The standard InChI is InChI=1S/C15H20ClN5O2/c1-4-10(2)15(3,23)8-17-14(22)12-6-5-11(7-13(12)16)21-9-18-19-20-21/h5-7,9-10,23H,4,8H2,1-3H3,(H,17,22). The highest BCUT2D eigenvalue weighted by Gasteiger charge is 2.27. The van der Waals surface area contributed by atoms with Gasteiger partial charge in [0.2, 0.25) is 0 Å². The Morgan fingerprint density at radius 2 is 2.26 bits per heavy atom. The topological polar surface area (TPSA) is 92.9 Å². The maximum Gasteiger partial charge on any atom is 0.252 e. The van der Waals surface area contributed by atoms with Gasteiger partial charge in [0.25, 0.3) is 5.91 Å². The van der Waals surface area contributed by atoms with Crippen molar-refractivity contribution in [1.29, 1.82) is 0 Å². The van der Waals surface area contributed by atoms with Gasteiger partial charge >= 0.3 is 0 Å². The SMILES string of the molecule is CCC(C)C(C)(O)CNC(=O)c1ccc(-n2cnnn2)cc1Cl. The first kappa shape index (κ1) is 17.4. The van der Waals surface area contributed by atoms with Crippen molar-refractivity contribution in [2.24, 2.45) is 5.92 Å². The third kappa shape index (κ3) is 4.05. The predicted octanol–water partition coefficient (Wildman–Crippen LogP) is 1.84. The van der Waals surface area contributed by atoms with Crippen LogP contribution >= 0.6 is 11.6 Å². The van der Waals surface area contributed by atoms with Crippen molar-refractivity contribution < 1.29 is 9.90 Å². The molecule has 0 aliphatic carbocycles. The van der Waals surface area contributed by atoms with Crippen LogP contribution in [-0.4, -0.2) is 43.4 Å². The predicted molar refractivity (Wildman–Crippen MR) is 86.6 cm³/mol. The smallest absolute Gasteiger partial charge is 0.252 e. The van der Waals surface area contributed by atoms with Gasteiger partial charge in [0, 0.05) is 6.54 Å². The van der Waals surface area contributed by atoms with Crippen LogP contribution in [0.3, 0.4) is 0 Å². The Hall–Kier alpha value is -1.99. The number of amides is 1. The maximum absolute atomic E-state index is 12.3. The molecular formula is C15H20ClN5O2. The highest BCUT2D eigenvalue weighted by molar-refractivity contribution is 6.34. The van der Waals surface area contributed by atoms with E-state index in [4.69, 9.17) is 11.6 Å². The molecule has 124 valence electrons. The van der Waals surface area contributed by atoms with Gasteiger partial charge in [-0.2, -0.15) is 0 Å². The van der Waals surface area contributed by atoms with E-state index in [2.05, 4.69) is 20.8 Å². The van der Waals surface area contributed by atoms with Crippen LogP contribution in [0.1, 0.15) is 37.6 Å². The Morgan fingerprint density at radius 1 is 1.52 bits per heavy atom. The molecule has 0 radical (unpaired) electrons. The van der Waals surface area contributed by atoms with Gasteiger partial charge in [-0.05, 0) is 41.5 Å². The molecule has 0 fully saturated rings. The van der Waals surface area contributed by atoms with Gasteiger partial charge in [-0.3, -0.25) is 4.79 Å². The van der Waals surface area contributed by atoms with E-state index in [-0.39, 0.29) is 18.4 Å². The molecule has 2 N–H and O–H groups in total. The molecule has 0 saturated heterocycles. The van der Waals surface area contributed by atoms with Gasteiger partial charge in [0.15, 0.2) is 0 Å². The number of hydrogen-bond acceptors (Lipinski definition) is 5. The quantitative estimate of drug-likeness (QED) is 0.839. The van der Waals surface area contributed by atoms with Crippen molar-refractivity contribution in [3.63, 3.8) is 0 Å². The van der Waals surface area contributed by atoms with E-state index in [0.717, 1.165) is 6.42 Å². The van der Waals surface area contributed by atoms with Gasteiger partial charge in [-0.15, -0.1) is 5.10 Å². The molecule has 2 unspecified atom stereocenters. The first-order valence-electron chi connectivity index (χ1n) is 7.38. The zero-order valence-electron chi connectivity index (χ0n) is 13.3. The lowest BCUT2D eigenvalue weighted by Crippen LogP contribution is -2.45. The first-order valence-corrected chi connectivity index (χ1v) is 7.76. The van der Waals surface area contributed by atoms with E-state index >= 15 is 0 Å². The second-order valence-electron chi connectivity index (χ2n) is 5.77. The van der Waals surface area contributed by atoms with Crippen molar-refractivity contribution in [3.05, 3.63) is 35.1 Å². The monoisotopic (exact) mass is 337 g/mol. The molecule has 0 aliphatic heterocycles. The molecule has 0 spiro atoms. The Labute approximate surface area is 139 Å². The zero-order valence-corrected chi connectivity index (χ0v) is 14.1. The lowest BCUT2D eigenvalue weighted by atomic mass is 9.88. The lowest BCUT2D eigenvalue weighted by Gasteiger charge is -2.29. The number of nitrogens with zero attached hydrogens (tertiary/aromatic N) is 4. The van der Waals surface area contributed by atoms with E-state index in [0.29, 0.717) is 16.3 Å². The number of benzene rings is 1. The van der Waals surface area contributed by atoms with Gasteiger partial charge in [-0.25, -0.2) is 4.68 Å². The van der Waals surface area contributed by atoms with Crippen LogP contribution in [0.15, 0.2) is 24.5 Å². The zero-order chi connectivity index (χ0) is 17.0. The van der Waals surface area contributed by atoms with E-state index in [1.54, 1.807) is 25.1 Å². The average Bonchev–Trinajstić information content (AvgIpc) is 3.06. The van der Waals surface area contributed by atoms with Crippen molar-refractivity contribution in [2.45, 2.75) is 32.8 Å². The molecule has 1 aromatic carbocycles. The fourth-order valence-electron chi connectivity index (χ4n) is 2.08. The second-order valence-corrected chi connectivity index (χ2v) is 6.17. The third-order valence-electron chi connectivity index (χ3n) is 4.09. The highest BCUT2D eigenvalue weighted by Crippen LogP contribution is 2.21. The minimum Gasteiger partial charge on any atom is -0.388 e. The Balaban J connectivity index is 2.08. The summed E-state index contributed by atoms with van der Waals surface area (Å²) in [5.41, 5.74) is 0.0232. The Morgan fingerprint density at radius 3 is 2.83 bits per heavy atom. The third-order valence-corrected chi connectivity index (χ3v) is 4.40. The number of tetrazole rings is 1. The number of aliphatic hydroxyl groups is 1. The van der Waals surface area contributed by atoms with Gasteiger partial charge in [0.05, 0.1) is 21.9 Å².